The molecule has 0 aromatic carbocycles. The number of nitrogens with one attached hydrogen (secondary N) is 1. The van der Waals surface area contributed by atoms with Crippen molar-refractivity contribution >= 4 is 6.03 Å². The summed E-state index contributed by atoms with van der Waals surface area (Å²) in [6.07, 6.45) is 0. The molecule has 0 aromatic heterocycles. The van der Waals surface area contributed by atoms with Crippen LogP contribution in [0.25, 0.3) is 0 Å². The Hall–Kier alpha value is -0.770. The van der Waals surface area contributed by atoms with Crippen LogP contribution in [0.5, 0.6) is 0 Å². The topological polar surface area (TPSA) is 75.3 Å². The van der Waals surface area contributed by atoms with Crippen molar-refractivity contribution in [1.82, 2.24) is 5.32 Å². The van der Waals surface area contributed by atoms with Gasteiger partial charge in [0.1, 0.15) is 0 Å². The van der Waals surface area contributed by atoms with Gasteiger partial charge in [-0.3, -0.25) is 0 Å². The average Bonchev–Trinajstić information content (AvgIpc) is 1.56. The van der Waals surface area contributed by atoms with Crippen LogP contribution in [0.3, 0.4) is 0 Å². The van der Waals surface area contributed by atoms with Gasteiger partial charge in [0, 0.05) is 0 Å². The minimum Gasteiger partial charge on any atom is -0.388 e. The molecule has 0 aliphatic rings. The van der Waals surface area contributed by atoms with Crippen molar-refractivity contribution in [3.63, 3.8) is 0 Å². The molecule has 2 amide bonds. The van der Waals surface area contributed by atoms with Gasteiger partial charge in [0.15, 0.2) is 0 Å². The molecule has 0 aromatic rings. The molecule has 0 fully saturated rings. The van der Waals surface area contributed by atoms with Crippen LogP contribution in [0, 0.1) is 0 Å². The van der Waals surface area contributed by atoms with E-state index in [-0.39, 0.29) is 0 Å². The summed E-state index contributed by atoms with van der Waals surface area (Å²) < 4.78 is 0. The maximum Gasteiger partial charge on any atom is 0.312 e. The monoisotopic (exact) mass is 160 g/mol. The van der Waals surface area contributed by atoms with Crippen molar-refractivity contribution in [3.8, 4) is 0 Å². The van der Waals surface area contributed by atoms with Crippen molar-refractivity contribution in [2.24, 2.45) is 5.73 Å². The molecule has 4 nitrogen and oxygen atoms in total. The number of amides is 2. The third kappa shape index (κ3) is 2.76. The number of hydrogen-bond donors (Lipinski definition) is 3. The van der Waals surface area contributed by atoms with E-state index in [1.54, 1.807) is 27.7 Å². The zero-order valence-electron chi connectivity index (χ0n) is 7.43. The van der Waals surface area contributed by atoms with Crippen LogP contribution in [-0.4, -0.2) is 22.3 Å². The quantitative estimate of drug-likeness (QED) is 0.540. The van der Waals surface area contributed by atoms with E-state index in [9.17, 15) is 9.90 Å². The second-order valence-corrected chi connectivity index (χ2v) is 3.67. The largest absolute Gasteiger partial charge is 0.388 e. The van der Waals surface area contributed by atoms with Gasteiger partial charge in [0.25, 0.3) is 0 Å². The van der Waals surface area contributed by atoms with Gasteiger partial charge in [-0.2, -0.15) is 0 Å². The summed E-state index contributed by atoms with van der Waals surface area (Å²) in [6.45, 7) is 6.64. The SMILES string of the molecule is CC(C)(O)C(C)(C)NC(N)=O. The molecular weight excluding hydrogens is 144 g/mol. The van der Waals surface area contributed by atoms with Gasteiger partial charge >= 0.3 is 6.03 Å². The van der Waals surface area contributed by atoms with Crippen LogP contribution >= 0.6 is 0 Å². The number of urea groups is 1. The third-order valence-corrected chi connectivity index (χ3v) is 1.97. The van der Waals surface area contributed by atoms with Gasteiger partial charge in [0.2, 0.25) is 0 Å². The van der Waals surface area contributed by atoms with Crippen LogP contribution in [0.4, 0.5) is 4.79 Å². The highest BCUT2D eigenvalue weighted by atomic mass is 16.3. The molecule has 0 aliphatic heterocycles. The summed E-state index contributed by atoms with van der Waals surface area (Å²) in [4.78, 5) is 10.5. The second kappa shape index (κ2) is 2.70. The molecule has 11 heavy (non-hydrogen) atoms. The smallest absolute Gasteiger partial charge is 0.312 e. The Morgan fingerprint density at radius 2 is 1.73 bits per heavy atom. The zero-order valence-corrected chi connectivity index (χ0v) is 7.43. The van der Waals surface area contributed by atoms with Crippen LogP contribution in [-0.2, 0) is 0 Å². The van der Waals surface area contributed by atoms with E-state index < -0.39 is 17.2 Å². The standard InChI is InChI=1S/C7H16N2O2/c1-6(2,7(3,4)11)9-5(8)10/h11H,1-4H3,(H3,8,9,10). The number of primary amides is 1. The number of rotatable bonds is 2. The molecule has 0 bridgehead atoms. The van der Waals surface area contributed by atoms with E-state index in [0.717, 1.165) is 0 Å². The van der Waals surface area contributed by atoms with Crippen molar-refractivity contribution in [3.05, 3.63) is 0 Å². The molecule has 0 heterocycles. The van der Waals surface area contributed by atoms with Gasteiger partial charge in [-0.1, -0.05) is 0 Å². The van der Waals surface area contributed by atoms with Crippen molar-refractivity contribution in [2.45, 2.75) is 38.8 Å². The molecule has 4 heteroatoms. The zero-order chi connectivity index (χ0) is 9.28. The lowest BCUT2D eigenvalue weighted by atomic mass is 9.86. The third-order valence-electron chi connectivity index (χ3n) is 1.97. The minimum atomic E-state index is -0.984. The fraction of sp³-hybridized carbons (Fsp3) is 0.857. The maximum absolute atomic E-state index is 10.5. The van der Waals surface area contributed by atoms with E-state index in [1.807, 2.05) is 0 Å². The predicted octanol–water partition coefficient (Wildman–Crippen LogP) is 0.204. The molecule has 0 atom stereocenters. The first-order chi connectivity index (χ1) is 4.67. The van der Waals surface area contributed by atoms with Crippen LogP contribution in [0.1, 0.15) is 27.7 Å². The lowest BCUT2D eigenvalue weighted by molar-refractivity contribution is 0.00157. The number of aliphatic hydroxyl groups is 1. The van der Waals surface area contributed by atoms with Gasteiger partial charge in [-0.25, -0.2) is 4.79 Å². The Balaban J connectivity index is 4.34. The number of carbonyl (C=O) groups is 1. The fourth-order valence-electron chi connectivity index (χ4n) is 0.461. The molecule has 4 N–H and O–H groups in total. The highest BCUT2D eigenvalue weighted by Crippen LogP contribution is 2.19. The predicted molar refractivity (Wildman–Crippen MR) is 43.1 cm³/mol. The number of nitrogens with two attached hydrogens (primary N) is 1. The normalized spacial score (nSPS) is 12.8. The average molecular weight is 160 g/mol. The van der Waals surface area contributed by atoms with Gasteiger partial charge < -0.3 is 16.2 Å². The molecule has 0 aliphatic carbocycles. The lowest BCUT2D eigenvalue weighted by Gasteiger charge is -2.37. The summed E-state index contributed by atoms with van der Waals surface area (Å²) >= 11 is 0. The first-order valence-corrected chi connectivity index (χ1v) is 3.47. The molecule has 0 saturated carbocycles. The van der Waals surface area contributed by atoms with Gasteiger partial charge in [-0.05, 0) is 27.7 Å². The highest BCUT2D eigenvalue weighted by Gasteiger charge is 2.35. The first-order valence-electron chi connectivity index (χ1n) is 3.47. The van der Waals surface area contributed by atoms with Crippen molar-refractivity contribution in [2.75, 3.05) is 0 Å². The van der Waals surface area contributed by atoms with Gasteiger partial charge in [-0.15, -0.1) is 0 Å². The van der Waals surface area contributed by atoms with Crippen molar-refractivity contribution < 1.29 is 9.90 Å². The highest BCUT2D eigenvalue weighted by molar-refractivity contribution is 5.72. The van der Waals surface area contributed by atoms with Crippen LogP contribution in [0.15, 0.2) is 0 Å². The molecule has 0 saturated heterocycles. The summed E-state index contributed by atoms with van der Waals surface area (Å²) in [5.74, 6) is 0. The Labute approximate surface area is 66.8 Å². The number of hydrogen-bond acceptors (Lipinski definition) is 2. The fourth-order valence-corrected chi connectivity index (χ4v) is 0.461. The van der Waals surface area contributed by atoms with Crippen LogP contribution in [0.2, 0.25) is 0 Å². The molecule has 0 spiro atoms. The van der Waals surface area contributed by atoms with E-state index in [4.69, 9.17) is 5.73 Å². The molecule has 0 radical (unpaired) electrons. The van der Waals surface area contributed by atoms with E-state index in [2.05, 4.69) is 5.32 Å². The minimum absolute atomic E-state index is 0.628. The maximum atomic E-state index is 10.5. The second-order valence-electron chi connectivity index (χ2n) is 3.67. The van der Waals surface area contributed by atoms with Gasteiger partial charge in [0.05, 0.1) is 11.1 Å². The van der Waals surface area contributed by atoms with E-state index in [0.29, 0.717) is 0 Å². The molecule has 0 unspecified atom stereocenters. The summed E-state index contributed by atoms with van der Waals surface area (Å²) in [5, 5.41) is 12.0. The molecular formula is C7H16N2O2. The van der Waals surface area contributed by atoms with E-state index in [1.165, 1.54) is 0 Å². The Morgan fingerprint density at radius 3 is 1.82 bits per heavy atom. The number of carbonyl (C=O) groups excluding carboxylic acids is 1. The Kier molecular flexibility index (Phi) is 2.51. The van der Waals surface area contributed by atoms with E-state index >= 15 is 0 Å². The first kappa shape index (κ1) is 10.2. The summed E-state index contributed by atoms with van der Waals surface area (Å²) in [6, 6.07) is -0.628. The summed E-state index contributed by atoms with van der Waals surface area (Å²) in [5.41, 5.74) is 3.22. The summed E-state index contributed by atoms with van der Waals surface area (Å²) in [7, 11) is 0. The Morgan fingerprint density at radius 1 is 1.36 bits per heavy atom. The lowest BCUT2D eigenvalue weighted by Crippen LogP contribution is -2.58. The van der Waals surface area contributed by atoms with Crippen LogP contribution < -0.4 is 11.1 Å². The molecule has 0 rings (SSSR count). The van der Waals surface area contributed by atoms with Crippen molar-refractivity contribution in [1.29, 1.82) is 0 Å². The molecule has 66 valence electrons. The Bertz CT molecular complexity index is 158.